The monoisotopic (exact) mass is 726 g/mol. The van der Waals surface area contributed by atoms with Crippen molar-refractivity contribution in [3.63, 3.8) is 0 Å². The van der Waals surface area contributed by atoms with Crippen molar-refractivity contribution in [1.82, 2.24) is 0 Å². The molecule has 0 unspecified atom stereocenters. The van der Waals surface area contributed by atoms with Crippen molar-refractivity contribution < 1.29 is 0 Å². The molecule has 0 saturated heterocycles. The maximum atomic E-state index is 8.25. The van der Waals surface area contributed by atoms with E-state index in [0.29, 0.717) is 5.60 Å². The molecule has 0 aliphatic heterocycles. The molecule has 0 aromatic carbocycles. The third-order valence-corrected chi connectivity index (χ3v) is 9.36. The number of nitriles is 2. The van der Waals surface area contributed by atoms with Gasteiger partial charge in [-0.2, -0.15) is 0 Å². The second kappa shape index (κ2) is 27.0. The van der Waals surface area contributed by atoms with Gasteiger partial charge in [0, 0.05) is 23.2 Å². The molecule has 2 nitrogen and oxygen atoms in total. The van der Waals surface area contributed by atoms with Gasteiger partial charge in [-0.3, -0.25) is 0 Å². The van der Waals surface area contributed by atoms with Crippen LogP contribution in [0.1, 0.15) is 22.1 Å². The molecule has 32 heavy (non-hydrogen) atoms. The van der Waals surface area contributed by atoms with Crippen molar-refractivity contribution in [3.05, 3.63) is 67.2 Å². The zero-order valence-corrected chi connectivity index (χ0v) is 30.5. The molecule has 0 N–H and O–H groups in total. The zero-order chi connectivity index (χ0) is 24.0. The number of halogens is 1. The molecule has 3 rings (SSSR count). The molecule has 0 radical (unpaired) electrons. The van der Waals surface area contributed by atoms with Crippen LogP contribution in [-0.2, 0) is 10.6 Å². The second-order valence-corrected chi connectivity index (χ2v) is 23.1. The van der Waals surface area contributed by atoms with Gasteiger partial charge < -0.3 is 0 Å². The summed E-state index contributed by atoms with van der Waals surface area (Å²) in [6, 6.07) is 12.4. The number of hydrogen-bond acceptors (Lipinski definition) is 5. The maximum absolute atomic E-state index is 8.25. The van der Waals surface area contributed by atoms with Gasteiger partial charge in [0.05, 0.1) is 0 Å². The molecule has 0 amide bonds. The predicted molar refractivity (Wildman–Crippen MR) is 158 cm³/mol. The molecule has 0 bridgehead atoms. The topological polar surface area (TPSA) is 47.6 Å². The normalized spacial score (nSPS) is 8.69. The van der Waals surface area contributed by atoms with Crippen molar-refractivity contribution in [3.8, 4) is 9.94 Å². The van der Waals surface area contributed by atoms with Gasteiger partial charge in [-0.1, -0.05) is 61.7 Å². The molecule has 0 saturated carbocycles. The van der Waals surface area contributed by atoms with Crippen LogP contribution in [0.15, 0.2) is 52.5 Å². The fourth-order valence-corrected chi connectivity index (χ4v) is 4.84. The van der Waals surface area contributed by atoms with Crippen molar-refractivity contribution >= 4 is 124 Å². The van der Waals surface area contributed by atoms with E-state index in [4.69, 9.17) is 10.5 Å². The van der Waals surface area contributed by atoms with E-state index < -0.39 is 8.07 Å². The first kappa shape index (κ1) is 38.0. The van der Waals surface area contributed by atoms with Crippen molar-refractivity contribution in [2.75, 3.05) is 0 Å². The van der Waals surface area contributed by atoms with Crippen molar-refractivity contribution in [2.24, 2.45) is 0 Å². The summed E-state index contributed by atoms with van der Waals surface area (Å²) in [6.07, 6.45) is 0. The van der Waals surface area contributed by atoms with Gasteiger partial charge in [0.15, 0.2) is 0 Å². The second-order valence-electron chi connectivity index (χ2n) is 7.19. The Morgan fingerprint density at radius 1 is 0.906 bits per heavy atom. The summed E-state index contributed by atoms with van der Waals surface area (Å²) in [6.45, 7) is 11.4. The standard InChI is InChI=1S/C6H5NSSe.C5H5BrS.C5H6S.C4H12Si.CHNSe.CH4.K/c7-5-9-4-6-2-1-3-8-6;6-4-5-2-1-3-7-5;1-5-3-2-4-6-5;1-5(2,3)4;2-1-3;;/h1-3H,4H2;1-3H,4H2;2-4H,1H3;1-4H3;3H;1H4;/q;;;;;;+1/p-1. The first-order valence-electron chi connectivity index (χ1n) is 9.21. The van der Waals surface area contributed by atoms with Crippen LogP contribution in [0.4, 0.5) is 0 Å². The molecule has 0 atom stereocenters. The molecule has 3 heterocycles. The Morgan fingerprint density at radius 3 is 1.56 bits per heavy atom. The van der Waals surface area contributed by atoms with E-state index in [9.17, 15) is 0 Å². The van der Waals surface area contributed by atoms with Gasteiger partial charge in [0.2, 0.25) is 0 Å². The Hall–Kier alpha value is 1.45. The van der Waals surface area contributed by atoms with Gasteiger partial charge in [-0.15, -0.1) is 22.7 Å². The molecule has 10 heteroatoms. The molecule has 0 aliphatic rings. The van der Waals surface area contributed by atoms with Crippen LogP contribution in [0.3, 0.4) is 0 Å². The van der Waals surface area contributed by atoms with Crippen molar-refractivity contribution in [1.29, 1.82) is 10.5 Å². The average Bonchev–Trinajstić information content (AvgIpc) is 3.49. The summed E-state index contributed by atoms with van der Waals surface area (Å²) in [5.41, 5.74) is 0.410. The molecular weight excluding hydrogens is 693 g/mol. The number of nitrogens with zero attached hydrogens (tertiary/aromatic N) is 2. The van der Waals surface area contributed by atoms with Crippen LogP contribution in [0, 0.1) is 27.4 Å². The van der Waals surface area contributed by atoms with Crippen molar-refractivity contribution in [2.45, 2.75) is 51.2 Å². The Labute approximate surface area is 258 Å². The predicted octanol–water partition coefficient (Wildman–Crippen LogP) is 7.98. The number of hydrogen-bond donors (Lipinski definition) is 0. The number of rotatable bonds is 3. The zero-order valence-electron chi connectivity index (χ0n) is 18.9. The van der Waals surface area contributed by atoms with E-state index in [0.717, 1.165) is 56.0 Å². The molecule has 172 valence electrons. The average molecular weight is 726 g/mol. The number of alkyl halides is 1. The quantitative estimate of drug-likeness (QED) is 0.203. The van der Waals surface area contributed by atoms with Crippen LogP contribution >= 0.6 is 49.9 Å². The van der Waals surface area contributed by atoms with Gasteiger partial charge in [0.1, 0.15) is 0 Å². The first-order chi connectivity index (χ1) is 14.7. The summed E-state index contributed by atoms with van der Waals surface area (Å²) >= 11 is 9.60. The molecule has 0 fully saturated rings. The van der Waals surface area contributed by atoms with Gasteiger partial charge in [0.25, 0.3) is 0 Å². The molecule has 0 spiro atoms. The third kappa shape index (κ3) is 33.6. The number of aryl methyl sites for hydroxylation is 1. The molecular formula is C22H32BrKN2S3Se2Si. The summed E-state index contributed by atoms with van der Waals surface area (Å²) in [7, 11) is -0.611. The van der Waals surface area contributed by atoms with Crippen LogP contribution < -0.4 is 0 Å². The van der Waals surface area contributed by atoms with E-state index in [1.807, 2.05) is 11.4 Å². The fraction of sp³-hybridized carbons (Fsp3) is 0.364. The Kier molecular flexibility index (Phi) is 32.1. The van der Waals surface area contributed by atoms with Crippen LogP contribution in [-0.4, -0.2) is 74.0 Å². The minimum atomic E-state index is -0.611. The Balaban J connectivity index is -0.000000336. The molecule has 3 aromatic rings. The summed E-state index contributed by atoms with van der Waals surface area (Å²) in [5, 5.41) is 24.1. The van der Waals surface area contributed by atoms with E-state index in [1.54, 1.807) is 34.0 Å². The number of thiophene rings is 3. The summed E-state index contributed by atoms with van der Waals surface area (Å²) in [4.78, 5) is 8.35. The van der Waals surface area contributed by atoms with Crippen LogP contribution in [0.25, 0.3) is 0 Å². The Morgan fingerprint density at radius 2 is 1.34 bits per heavy atom. The van der Waals surface area contributed by atoms with Gasteiger partial charge in [-0.25, -0.2) is 0 Å². The van der Waals surface area contributed by atoms with E-state index in [-0.39, 0.29) is 22.4 Å². The van der Waals surface area contributed by atoms with Gasteiger partial charge >= 0.3 is 125 Å². The van der Waals surface area contributed by atoms with E-state index in [1.165, 1.54) is 14.6 Å². The minimum absolute atomic E-state index is 0. The molecule has 3 aromatic heterocycles. The fourth-order valence-electron chi connectivity index (χ4n) is 1.25. The van der Waals surface area contributed by atoms with E-state index in [2.05, 4.69) is 100 Å². The third-order valence-electron chi connectivity index (χ3n) is 2.33. The van der Waals surface area contributed by atoms with Crippen LogP contribution in [0.2, 0.25) is 26.2 Å². The summed E-state index contributed by atoms with van der Waals surface area (Å²) in [5.74, 6) is 0. The van der Waals surface area contributed by atoms with Gasteiger partial charge in [-0.05, 0) is 29.8 Å². The Bertz CT molecular complexity index is 805. The van der Waals surface area contributed by atoms with E-state index >= 15 is 0 Å². The first-order valence-corrected chi connectivity index (χ1v) is 28.2. The molecule has 0 aliphatic carbocycles. The SMILES string of the molecule is BrCc1cccs1.C.C[Si](C)(C)C.Cc1cccs1.N#C[Se]Cc1cccs1.N#C[Se][K]. The summed E-state index contributed by atoms with van der Waals surface area (Å²) < 4.78 is 0. The van der Waals surface area contributed by atoms with Crippen LogP contribution in [0.5, 0.6) is 0 Å².